The molecule has 3 fully saturated rings. The zero-order valence-electron chi connectivity index (χ0n) is 12.3. The van der Waals surface area contributed by atoms with Gasteiger partial charge in [-0.05, 0) is 38.0 Å². The van der Waals surface area contributed by atoms with Crippen molar-refractivity contribution in [3.05, 3.63) is 0 Å². The summed E-state index contributed by atoms with van der Waals surface area (Å²) in [6.45, 7) is 1.22. The number of urea groups is 1. The number of hydrogen-bond donors (Lipinski definition) is 2. The molecule has 0 spiro atoms. The SMILES string of the molecule is O=C(O)C1CCCCCN1C(=O)NC1CCOC1C1CC1. The van der Waals surface area contributed by atoms with E-state index in [1.54, 1.807) is 0 Å². The molecule has 2 aliphatic heterocycles. The highest BCUT2D eigenvalue weighted by Crippen LogP contribution is 2.38. The first-order valence-corrected chi connectivity index (χ1v) is 8.08. The molecule has 0 aromatic heterocycles. The number of rotatable bonds is 3. The topological polar surface area (TPSA) is 78.9 Å². The van der Waals surface area contributed by atoms with Gasteiger partial charge in [0.05, 0.1) is 12.1 Å². The second kappa shape index (κ2) is 6.22. The lowest BCUT2D eigenvalue weighted by molar-refractivity contribution is -0.142. The van der Waals surface area contributed by atoms with Crippen molar-refractivity contribution < 1.29 is 19.4 Å². The summed E-state index contributed by atoms with van der Waals surface area (Å²) in [6.07, 6.45) is 6.61. The Hall–Kier alpha value is -1.30. The molecule has 0 radical (unpaired) electrons. The Morgan fingerprint density at radius 1 is 1.10 bits per heavy atom. The summed E-state index contributed by atoms with van der Waals surface area (Å²) < 4.78 is 5.73. The van der Waals surface area contributed by atoms with E-state index >= 15 is 0 Å². The summed E-state index contributed by atoms with van der Waals surface area (Å²) >= 11 is 0. The molecule has 118 valence electrons. The van der Waals surface area contributed by atoms with E-state index in [2.05, 4.69) is 5.32 Å². The quantitative estimate of drug-likeness (QED) is 0.829. The molecule has 1 saturated carbocycles. The van der Waals surface area contributed by atoms with E-state index in [-0.39, 0.29) is 18.2 Å². The Balaban J connectivity index is 1.63. The molecule has 2 amide bonds. The Morgan fingerprint density at radius 3 is 2.62 bits per heavy atom. The van der Waals surface area contributed by atoms with Crippen molar-refractivity contribution in [1.29, 1.82) is 0 Å². The number of nitrogens with zero attached hydrogens (tertiary/aromatic N) is 1. The van der Waals surface area contributed by atoms with E-state index in [0.717, 1.165) is 25.7 Å². The molecule has 3 unspecified atom stereocenters. The molecule has 1 aliphatic carbocycles. The zero-order chi connectivity index (χ0) is 14.8. The van der Waals surface area contributed by atoms with Crippen molar-refractivity contribution in [2.75, 3.05) is 13.2 Å². The van der Waals surface area contributed by atoms with Crippen LogP contribution in [0.1, 0.15) is 44.9 Å². The van der Waals surface area contributed by atoms with Gasteiger partial charge >= 0.3 is 12.0 Å². The van der Waals surface area contributed by atoms with Crippen molar-refractivity contribution >= 4 is 12.0 Å². The van der Waals surface area contributed by atoms with Crippen LogP contribution < -0.4 is 5.32 Å². The van der Waals surface area contributed by atoms with Crippen molar-refractivity contribution in [2.45, 2.75) is 63.1 Å². The fourth-order valence-corrected chi connectivity index (χ4v) is 3.50. The highest BCUT2D eigenvalue weighted by Gasteiger charge is 2.42. The van der Waals surface area contributed by atoms with E-state index in [0.29, 0.717) is 25.5 Å². The number of carbonyl (C=O) groups excluding carboxylic acids is 1. The van der Waals surface area contributed by atoms with Gasteiger partial charge in [-0.15, -0.1) is 0 Å². The lowest BCUT2D eigenvalue weighted by Gasteiger charge is -2.29. The van der Waals surface area contributed by atoms with E-state index in [4.69, 9.17) is 4.74 Å². The summed E-state index contributed by atoms with van der Waals surface area (Å²) in [5.74, 6) is -0.314. The normalized spacial score (nSPS) is 33.5. The molecular formula is C15H24N2O4. The average Bonchev–Trinajstić information content (AvgIpc) is 3.24. The fraction of sp³-hybridized carbons (Fsp3) is 0.867. The summed E-state index contributed by atoms with van der Waals surface area (Å²) in [7, 11) is 0. The number of carboxylic acid groups (broad SMARTS) is 1. The van der Waals surface area contributed by atoms with Gasteiger partial charge in [0, 0.05) is 13.2 Å². The molecule has 2 heterocycles. The lowest BCUT2D eigenvalue weighted by atomic mass is 10.1. The number of carboxylic acids is 1. The maximum absolute atomic E-state index is 12.5. The van der Waals surface area contributed by atoms with Crippen LogP contribution in [0.5, 0.6) is 0 Å². The number of carbonyl (C=O) groups is 2. The largest absolute Gasteiger partial charge is 0.480 e. The summed E-state index contributed by atoms with van der Waals surface area (Å²) in [4.78, 5) is 25.4. The van der Waals surface area contributed by atoms with Crippen LogP contribution in [0.4, 0.5) is 4.79 Å². The second-order valence-electron chi connectivity index (χ2n) is 6.41. The lowest BCUT2D eigenvalue weighted by Crippen LogP contribution is -2.53. The van der Waals surface area contributed by atoms with Crippen LogP contribution in [0.2, 0.25) is 0 Å². The Morgan fingerprint density at radius 2 is 1.90 bits per heavy atom. The molecule has 3 rings (SSSR count). The van der Waals surface area contributed by atoms with Crippen LogP contribution in [0.3, 0.4) is 0 Å². The summed E-state index contributed by atoms with van der Waals surface area (Å²) in [5.41, 5.74) is 0. The summed E-state index contributed by atoms with van der Waals surface area (Å²) in [5, 5.41) is 12.4. The molecule has 3 aliphatic rings. The maximum atomic E-state index is 12.5. The molecule has 0 aromatic carbocycles. The van der Waals surface area contributed by atoms with Crippen LogP contribution >= 0.6 is 0 Å². The minimum absolute atomic E-state index is 0.0442. The molecule has 0 bridgehead atoms. The second-order valence-corrected chi connectivity index (χ2v) is 6.41. The van der Waals surface area contributed by atoms with Crippen molar-refractivity contribution in [2.24, 2.45) is 5.92 Å². The molecule has 21 heavy (non-hydrogen) atoms. The molecule has 3 atom stereocenters. The van der Waals surface area contributed by atoms with Gasteiger partial charge in [-0.1, -0.05) is 12.8 Å². The van der Waals surface area contributed by atoms with E-state index in [1.165, 1.54) is 17.7 Å². The van der Waals surface area contributed by atoms with Crippen LogP contribution in [-0.2, 0) is 9.53 Å². The molecule has 2 saturated heterocycles. The third-order valence-corrected chi connectivity index (χ3v) is 4.83. The third-order valence-electron chi connectivity index (χ3n) is 4.83. The predicted octanol–water partition coefficient (Wildman–Crippen LogP) is 1.59. The van der Waals surface area contributed by atoms with Gasteiger partial charge in [0.2, 0.25) is 0 Å². The fourth-order valence-electron chi connectivity index (χ4n) is 3.50. The zero-order valence-corrected chi connectivity index (χ0v) is 12.3. The van der Waals surface area contributed by atoms with Gasteiger partial charge in [0.1, 0.15) is 6.04 Å². The van der Waals surface area contributed by atoms with Gasteiger partial charge in [-0.2, -0.15) is 0 Å². The van der Waals surface area contributed by atoms with Gasteiger partial charge in [0.15, 0.2) is 0 Å². The molecule has 6 heteroatoms. The first-order chi connectivity index (χ1) is 10.2. The van der Waals surface area contributed by atoms with Crippen LogP contribution in [0, 0.1) is 5.92 Å². The van der Waals surface area contributed by atoms with Crippen molar-refractivity contribution in [1.82, 2.24) is 10.2 Å². The third kappa shape index (κ3) is 3.31. The van der Waals surface area contributed by atoms with Gasteiger partial charge in [-0.25, -0.2) is 9.59 Å². The number of likely N-dealkylation sites (tertiary alicyclic amines) is 1. The van der Waals surface area contributed by atoms with E-state index < -0.39 is 12.0 Å². The van der Waals surface area contributed by atoms with Gasteiger partial charge in [-0.3, -0.25) is 0 Å². The number of hydrogen-bond acceptors (Lipinski definition) is 3. The first-order valence-electron chi connectivity index (χ1n) is 8.08. The Bertz CT molecular complexity index is 410. The van der Waals surface area contributed by atoms with E-state index in [1.807, 2.05) is 0 Å². The first kappa shape index (κ1) is 14.6. The van der Waals surface area contributed by atoms with Crippen molar-refractivity contribution in [3.63, 3.8) is 0 Å². The minimum Gasteiger partial charge on any atom is -0.480 e. The predicted molar refractivity (Wildman–Crippen MR) is 76.0 cm³/mol. The highest BCUT2D eigenvalue weighted by molar-refractivity contribution is 5.83. The number of aliphatic carboxylic acids is 1. The number of ether oxygens (including phenoxy) is 1. The van der Waals surface area contributed by atoms with E-state index in [9.17, 15) is 14.7 Å². The summed E-state index contributed by atoms with van der Waals surface area (Å²) in [6, 6.07) is -0.873. The number of nitrogens with one attached hydrogen (secondary N) is 1. The van der Waals surface area contributed by atoms with Gasteiger partial charge < -0.3 is 20.1 Å². The molecule has 2 N–H and O–H groups in total. The smallest absolute Gasteiger partial charge is 0.326 e. The van der Waals surface area contributed by atoms with Crippen molar-refractivity contribution in [3.8, 4) is 0 Å². The van der Waals surface area contributed by atoms with Crippen LogP contribution in [0.15, 0.2) is 0 Å². The number of amides is 2. The van der Waals surface area contributed by atoms with Crippen LogP contribution in [0.25, 0.3) is 0 Å². The minimum atomic E-state index is -0.895. The Labute approximate surface area is 124 Å². The maximum Gasteiger partial charge on any atom is 0.326 e. The molecule has 6 nitrogen and oxygen atoms in total. The Kier molecular flexibility index (Phi) is 4.33. The average molecular weight is 296 g/mol. The molecule has 0 aromatic rings. The standard InChI is InChI=1S/C15H24N2O4/c18-14(19)12-4-2-1-3-8-17(12)15(20)16-11-7-9-21-13(11)10-5-6-10/h10-13H,1-9H2,(H,16,20)(H,18,19). The monoisotopic (exact) mass is 296 g/mol. The highest BCUT2D eigenvalue weighted by atomic mass is 16.5. The molecular weight excluding hydrogens is 272 g/mol. The van der Waals surface area contributed by atoms with Crippen LogP contribution in [-0.4, -0.2) is 53.3 Å². The van der Waals surface area contributed by atoms with Gasteiger partial charge in [0.25, 0.3) is 0 Å².